The van der Waals surface area contributed by atoms with Gasteiger partial charge < -0.3 is 10.1 Å². The van der Waals surface area contributed by atoms with Crippen LogP contribution in [0.1, 0.15) is 5.56 Å². The predicted molar refractivity (Wildman–Crippen MR) is 66.1 cm³/mol. The van der Waals surface area contributed by atoms with E-state index in [1.807, 2.05) is 6.07 Å². The highest BCUT2D eigenvalue weighted by Gasteiger charge is 2.10. The minimum atomic E-state index is -0.573. The number of benzene rings is 1. The van der Waals surface area contributed by atoms with Crippen molar-refractivity contribution in [2.24, 2.45) is 0 Å². The molecule has 0 spiro atoms. The molecule has 0 bridgehead atoms. The first-order valence-corrected chi connectivity index (χ1v) is 5.30. The van der Waals surface area contributed by atoms with Crippen LogP contribution in [0.25, 0.3) is 11.1 Å². The van der Waals surface area contributed by atoms with Crippen LogP contribution in [-0.2, 0) is 0 Å². The molecule has 0 amide bonds. The first-order valence-electron chi connectivity index (χ1n) is 4.92. The van der Waals surface area contributed by atoms with E-state index in [2.05, 4.69) is 4.98 Å². The summed E-state index contributed by atoms with van der Waals surface area (Å²) < 4.78 is 0. The van der Waals surface area contributed by atoms with Crippen LogP contribution in [-0.4, -0.2) is 9.91 Å². The van der Waals surface area contributed by atoms with Crippen LogP contribution in [0.4, 0.5) is 5.82 Å². The molecule has 0 aliphatic heterocycles. The van der Waals surface area contributed by atoms with Crippen LogP contribution in [0.2, 0.25) is 5.02 Å². The van der Waals surface area contributed by atoms with Gasteiger partial charge in [-0.15, -0.1) is 0 Å². The molecule has 1 aromatic heterocycles. The SMILES string of the molecule is N#Cc1cc(Cl)ccc1-c1ccc([N+](=O)[O-])nc1. The first kappa shape index (κ1) is 12.0. The Hall–Kier alpha value is -2.45. The van der Waals surface area contributed by atoms with Gasteiger partial charge >= 0.3 is 5.82 Å². The van der Waals surface area contributed by atoms with Gasteiger partial charge in [0.25, 0.3) is 0 Å². The van der Waals surface area contributed by atoms with Gasteiger partial charge in [0.15, 0.2) is 0 Å². The average Bonchev–Trinajstić information content (AvgIpc) is 2.38. The van der Waals surface area contributed by atoms with E-state index in [0.717, 1.165) is 0 Å². The molecule has 0 unspecified atom stereocenters. The normalized spacial score (nSPS) is 9.78. The zero-order valence-corrected chi connectivity index (χ0v) is 9.76. The Balaban J connectivity index is 2.49. The Kier molecular flexibility index (Phi) is 3.22. The molecule has 88 valence electrons. The number of hydrogen-bond acceptors (Lipinski definition) is 4. The number of aromatic nitrogens is 1. The second-order valence-corrected chi connectivity index (χ2v) is 3.90. The topological polar surface area (TPSA) is 79.8 Å². The van der Waals surface area contributed by atoms with Crippen molar-refractivity contribution in [1.29, 1.82) is 5.26 Å². The van der Waals surface area contributed by atoms with E-state index in [9.17, 15) is 10.1 Å². The van der Waals surface area contributed by atoms with Crippen LogP contribution in [0, 0.1) is 21.4 Å². The highest BCUT2D eigenvalue weighted by atomic mass is 35.5. The molecule has 0 saturated heterocycles. The zero-order chi connectivity index (χ0) is 13.1. The Morgan fingerprint density at radius 1 is 1.33 bits per heavy atom. The minimum Gasteiger partial charge on any atom is -0.358 e. The lowest BCUT2D eigenvalue weighted by atomic mass is 10.0. The predicted octanol–water partition coefficient (Wildman–Crippen LogP) is 3.18. The Morgan fingerprint density at radius 3 is 2.67 bits per heavy atom. The van der Waals surface area contributed by atoms with Crippen molar-refractivity contribution in [3.63, 3.8) is 0 Å². The molecule has 5 nitrogen and oxygen atoms in total. The fourth-order valence-electron chi connectivity index (χ4n) is 1.51. The summed E-state index contributed by atoms with van der Waals surface area (Å²) in [7, 11) is 0. The molecule has 0 aliphatic rings. The third kappa shape index (κ3) is 2.29. The Morgan fingerprint density at radius 2 is 2.11 bits per heavy atom. The number of hydrogen-bond donors (Lipinski definition) is 0. The van der Waals surface area contributed by atoms with Gasteiger partial charge in [-0.3, -0.25) is 0 Å². The van der Waals surface area contributed by atoms with Crippen molar-refractivity contribution in [1.82, 2.24) is 4.98 Å². The van der Waals surface area contributed by atoms with E-state index in [-0.39, 0.29) is 5.82 Å². The maximum atomic E-state index is 10.5. The molecule has 6 heteroatoms. The quantitative estimate of drug-likeness (QED) is 0.613. The summed E-state index contributed by atoms with van der Waals surface area (Å²) >= 11 is 5.79. The van der Waals surface area contributed by atoms with Crippen LogP contribution < -0.4 is 0 Å². The monoisotopic (exact) mass is 259 g/mol. The van der Waals surface area contributed by atoms with E-state index >= 15 is 0 Å². The molecular formula is C12H6ClN3O2. The van der Waals surface area contributed by atoms with Crippen molar-refractivity contribution >= 4 is 17.4 Å². The second-order valence-electron chi connectivity index (χ2n) is 3.46. The summed E-state index contributed by atoms with van der Waals surface area (Å²) in [6, 6.07) is 9.75. The number of nitriles is 1. The highest BCUT2D eigenvalue weighted by molar-refractivity contribution is 6.30. The number of pyridine rings is 1. The van der Waals surface area contributed by atoms with Crippen molar-refractivity contribution in [3.05, 3.63) is 57.2 Å². The van der Waals surface area contributed by atoms with E-state index in [0.29, 0.717) is 21.7 Å². The lowest BCUT2D eigenvalue weighted by molar-refractivity contribution is -0.389. The number of nitrogens with zero attached hydrogens (tertiary/aromatic N) is 3. The van der Waals surface area contributed by atoms with Crippen LogP contribution >= 0.6 is 11.6 Å². The maximum absolute atomic E-state index is 10.5. The van der Waals surface area contributed by atoms with Gasteiger partial charge in [0.2, 0.25) is 0 Å². The highest BCUT2D eigenvalue weighted by Crippen LogP contribution is 2.26. The molecule has 0 saturated carbocycles. The zero-order valence-electron chi connectivity index (χ0n) is 9.00. The van der Waals surface area contributed by atoms with Crippen LogP contribution in [0.15, 0.2) is 36.5 Å². The van der Waals surface area contributed by atoms with Gasteiger partial charge in [-0.1, -0.05) is 17.7 Å². The van der Waals surface area contributed by atoms with Gasteiger partial charge in [0.05, 0.1) is 11.6 Å². The number of halogens is 1. The summed E-state index contributed by atoms with van der Waals surface area (Å²) in [5.74, 6) is -0.230. The summed E-state index contributed by atoms with van der Waals surface area (Å²) in [5.41, 5.74) is 1.68. The van der Waals surface area contributed by atoms with Gasteiger partial charge in [0.1, 0.15) is 6.20 Å². The first-order chi connectivity index (χ1) is 8.61. The molecule has 2 rings (SSSR count). The van der Waals surface area contributed by atoms with Crippen molar-refractivity contribution in [2.45, 2.75) is 0 Å². The maximum Gasteiger partial charge on any atom is 0.363 e. The molecule has 1 aromatic carbocycles. The average molecular weight is 260 g/mol. The van der Waals surface area contributed by atoms with Crippen molar-refractivity contribution in [3.8, 4) is 17.2 Å². The molecule has 0 N–H and O–H groups in total. The Labute approximate surface area is 107 Å². The van der Waals surface area contributed by atoms with Crippen LogP contribution in [0.3, 0.4) is 0 Å². The second kappa shape index (κ2) is 4.82. The molecule has 18 heavy (non-hydrogen) atoms. The number of nitro groups is 1. The molecule has 0 aliphatic carbocycles. The molecule has 2 aromatic rings. The summed E-state index contributed by atoms with van der Waals surface area (Å²) in [4.78, 5) is 13.6. The summed E-state index contributed by atoms with van der Waals surface area (Å²) in [6.07, 6.45) is 1.36. The minimum absolute atomic E-state index is 0.230. The third-order valence-electron chi connectivity index (χ3n) is 2.35. The molecule has 1 heterocycles. The van der Waals surface area contributed by atoms with E-state index in [1.165, 1.54) is 18.3 Å². The van der Waals surface area contributed by atoms with E-state index in [4.69, 9.17) is 16.9 Å². The fourth-order valence-corrected chi connectivity index (χ4v) is 1.69. The molecule has 0 fully saturated rings. The molecular weight excluding hydrogens is 254 g/mol. The standard InChI is InChI=1S/C12H6ClN3O2/c13-10-2-3-11(9(5-10)6-14)8-1-4-12(15-7-8)16(17)18/h1-5,7H. The third-order valence-corrected chi connectivity index (χ3v) is 2.58. The van der Waals surface area contributed by atoms with Crippen molar-refractivity contribution in [2.75, 3.05) is 0 Å². The Bertz CT molecular complexity index is 647. The fraction of sp³-hybridized carbons (Fsp3) is 0. The van der Waals surface area contributed by atoms with Gasteiger partial charge in [0, 0.05) is 22.2 Å². The van der Waals surface area contributed by atoms with Crippen LogP contribution in [0.5, 0.6) is 0 Å². The summed E-state index contributed by atoms with van der Waals surface area (Å²) in [5, 5.41) is 20.0. The molecule has 0 radical (unpaired) electrons. The summed E-state index contributed by atoms with van der Waals surface area (Å²) in [6.45, 7) is 0. The largest absolute Gasteiger partial charge is 0.363 e. The van der Waals surface area contributed by atoms with Crippen molar-refractivity contribution < 1.29 is 4.92 Å². The van der Waals surface area contributed by atoms with Gasteiger partial charge in [-0.25, -0.2) is 0 Å². The van der Waals surface area contributed by atoms with Gasteiger partial charge in [-0.2, -0.15) is 5.26 Å². The van der Waals surface area contributed by atoms with E-state index < -0.39 is 4.92 Å². The number of rotatable bonds is 2. The lowest BCUT2D eigenvalue weighted by Gasteiger charge is -2.02. The smallest absolute Gasteiger partial charge is 0.358 e. The lowest BCUT2D eigenvalue weighted by Crippen LogP contribution is -1.92. The van der Waals surface area contributed by atoms with E-state index in [1.54, 1.807) is 18.2 Å². The molecule has 0 atom stereocenters. The van der Waals surface area contributed by atoms with Gasteiger partial charge in [-0.05, 0) is 28.1 Å².